The number of rotatable bonds is 3. The number of aryl methyl sites for hydroxylation is 1. The molecule has 0 saturated heterocycles. The number of hydrogen-bond donors (Lipinski definition) is 2. The molecule has 18 heavy (non-hydrogen) atoms. The van der Waals surface area contributed by atoms with E-state index in [1.54, 1.807) is 24.4 Å². The number of nitrogen functional groups attached to an aromatic ring is 1. The fourth-order valence-electron chi connectivity index (χ4n) is 1.56. The average molecular weight is 309 g/mol. The molecule has 0 fully saturated rings. The predicted octanol–water partition coefficient (Wildman–Crippen LogP) is 1.69. The minimum atomic E-state index is -0.211. The van der Waals surface area contributed by atoms with Gasteiger partial charge in [0.1, 0.15) is 5.82 Å². The maximum absolute atomic E-state index is 12.0. The van der Waals surface area contributed by atoms with Gasteiger partial charge in [-0.15, -0.1) is 0 Å². The summed E-state index contributed by atoms with van der Waals surface area (Å²) in [6.45, 7) is 0.369. The van der Waals surface area contributed by atoms with Crippen LogP contribution in [0.25, 0.3) is 0 Å². The number of imidazole rings is 1. The number of nitrogens with zero attached hydrogens (tertiary/aromatic N) is 2. The van der Waals surface area contributed by atoms with Gasteiger partial charge >= 0.3 is 0 Å². The molecule has 0 saturated carbocycles. The Morgan fingerprint density at radius 1 is 1.56 bits per heavy atom. The van der Waals surface area contributed by atoms with Crippen molar-refractivity contribution in [3.8, 4) is 0 Å². The van der Waals surface area contributed by atoms with Crippen LogP contribution in [0, 0.1) is 0 Å². The zero-order valence-electron chi connectivity index (χ0n) is 9.85. The van der Waals surface area contributed by atoms with E-state index in [0.717, 1.165) is 5.82 Å². The first-order valence-corrected chi connectivity index (χ1v) is 6.17. The molecule has 1 aromatic carbocycles. The maximum Gasteiger partial charge on any atom is 0.253 e. The number of carbonyl (C=O) groups excluding carboxylic acids is 1. The molecule has 0 aliphatic rings. The summed E-state index contributed by atoms with van der Waals surface area (Å²) in [5.41, 5.74) is 6.73. The van der Waals surface area contributed by atoms with Gasteiger partial charge in [0.15, 0.2) is 0 Å². The summed E-state index contributed by atoms with van der Waals surface area (Å²) in [5, 5.41) is 2.79. The molecule has 0 aliphatic carbocycles. The monoisotopic (exact) mass is 308 g/mol. The number of carbonyl (C=O) groups is 1. The standard InChI is InChI=1S/C12H13BrN4O/c1-17-6-5-15-10(17)7-16-12(18)8-3-2-4-9(13)11(8)14/h2-6H,7,14H2,1H3,(H,16,18). The van der Waals surface area contributed by atoms with Crippen LogP contribution < -0.4 is 11.1 Å². The summed E-state index contributed by atoms with van der Waals surface area (Å²) in [4.78, 5) is 16.1. The number of nitrogens with two attached hydrogens (primary N) is 1. The first-order valence-electron chi connectivity index (χ1n) is 5.38. The summed E-state index contributed by atoms with van der Waals surface area (Å²) in [6, 6.07) is 5.26. The van der Waals surface area contributed by atoms with E-state index < -0.39 is 0 Å². The quantitative estimate of drug-likeness (QED) is 0.848. The number of amides is 1. The van der Waals surface area contributed by atoms with Crippen molar-refractivity contribution in [1.29, 1.82) is 0 Å². The molecule has 5 nitrogen and oxygen atoms in total. The smallest absolute Gasteiger partial charge is 0.253 e. The highest BCUT2D eigenvalue weighted by molar-refractivity contribution is 9.10. The lowest BCUT2D eigenvalue weighted by Gasteiger charge is -2.08. The first kappa shape index (κ1) is 12.6. The van der Waals surface area contributed by atoms with Crippen LogP contribution in [0.15, 0.2) is 35.1 Å². The van der Waals surface area contributed by atoms with E-state index in [0.29, 0.717) is 22.3 Å². The molecule has 0 atom stereocenters. The molecule has 1 amide bonds. The number of benzene rings is 1. The van der Waals surface area contributed by atoms with Gasteiger partial charge in [0.2, 0.25) is 0 Å². The molecule has 2 rings (SSSR count). The summed E-state index contributed by atoms with van der Waals surface area (Å²) < 4.78 is 2.57. The molecule has 0 unspecified atom stereocenters. The molecule has 3 N–H and O–H groups in total. The van der Waals surface area contributed by atoms with Crippen LogP contribution in [-0.4, -0.2) is 15.5 Å². The zero-order valence-corrected chi connectivity index (χ0v) is 11.4. The molecule has 1 heterocycles. The number of hydrogen-bond acceptors (Lipinski definition) is 3. The van der Waals surface area contributed by atoms with Crippen molar-refractivity contribution >= 4 is 27.5 Å². The third-order valence-corrected chi connectivity index (χ3v) is 3.32. The van der Waals surface area contributed by atoms with Crippen LogP contribution in [0.4, 0.5) is 5.69 Å². The van der Waals surface area contributed by atoms with E-state index in [1.807, 2.05) is 17.8 Å². The Morgan fingerprint density at radius 3 is 3.00 bits per heavy atom. The molecule has 0 bridgehead atoms. The van der Waals surface area contributed by atoms with E-state index in [1.165, 1.54) is 0 Å². The predicted molar refractivity (Wildman–Crippen MR) is 72.9 cm³/mol. The maximum atomic E-state index is 12.0. The fraction of sp³-hybridized carbons (Fsp3) is 0.167. The first-order chi connectivity index (χ1) is 8.59. The van der Waals surface area contributed by atoms with Crippen molar-refractivity contribution < 1.29 is 4.79 Å². The Morgan fingerprint density at radius 2 is 2.33 bits per heavy atom. The van der Waals surface area contributed by atoms with Crippen molar-refractivity contribution in [2.45, 2.75) is 6.54 Å². The number of nitrogens with one attached hydrogen (secondary N) is 1. The Bertz CT molecular complexity index is 579. The lowest BCUT2D eigenvalue weighted by molar-refractivity contribution is 0.0950. The molecular formula is C12H13BrN4O. The van der Waals surface area contributed by atoms with Crippen molar-refractivity contribution in [3.05, 3.63) is 46.5 Å². The van der Waals surface area contributed by atoms with Crippen LogP contribution in [0.1, 0.15) is 16.2 Å². The summed E-state index contributed by atoms with van der Waals surface area (Å²) in [5.74, 6) is 0.578. The third kappa shape index (κ3) is 2.53. The Labute approximate surface area is 113 Å². The number of halogens is 1. The molecule has 0 aliphatic heterocycles. The molecular weight excluding hydrogens is 296 g/mol. The molecule has 6 heteroatoms. The summed E-state index contributed by atoms with van der Waals surface area (Å²) >= 11 is 3.29. The van der Waals surface area contributed by atoms with E-state index in [4.69, 9.17) is 5.73 Å². The second-order valence-corrected chi connectivity index (χ2v) is 4.69. The van der Waals surface area contributed by atoms with Crippen LogP contribution in [0.2, 0.25) is 0 Å². The van der Waals surface area contributed by atoms with Crippen molar-refractivity contribution in [3.63, 3.8) is 0 Å². The van der Waals surface area contributed by atoms with Gasteiger partial charge in [0.25, 0.3) is 5.91 Å². The third-order valence-electron chi connectivity index (χ3n) is 2.63. The van der Waals surface area contributed by atoms with E-state index in [-0.39, 0.29) is 5.91 Å². The minimum absolute atomic E-state index is 0.211. The average Bonchev–Trinajstić information content (AvgIpc) is 2.75. The Hall–Kier alpha value is -1.82. The largest absolute Gasteiger partial charge is 0.397 e. The van der Waals surface area contributed by atoms with Crippen molar-refractivity contribution in [2.75, 3.05) is 5.73 Å². The molecule has 94 valence electrons. The summed E-state index contributed by atoms with van der Waals surface area (Å²) in [7, 11) is 1.88. The number of aromatic nitrogens is 2. The molecule has 0 spiro atoms. The van der Waals surface area contributed by atoms with Gasteiger partial charge < -0.3 is 15.6 Å². The van der Waals surface area contributed by atoms with Crippen LogP contribution in [0.3, 0.4) is 0 Å². The van der Waals surface area contributed by atoms with Gasteiger partial charge in [-0.2, -0.15) is 0 Å². The van der Waals surface area contributed by atoms with Gasteiger partial charge in [-0.05, 0) is 28.1 Å². The van der Waals surface area contributed by atoms with Crippen molar-refractivity contribution in [2.24, 2.45) is 7.05 Å². The van der Waals surface area contributed by atoms with E-state index >= 15 is 0 Å². The molecule has 1 aromatic heterocycles. The lowest BCUT2D eigenvalue weighted by atomic mass is 10.1. The van der Waals surface area contributed by atoms with Crippen LogP contribution in [0.5, 0.6) is 0 Å². The van der Waals surface area contributed by atoms with Crippen LogP contribution in [-0.2, 0) is 13.6 Å². The van der Waals surface area contributed by atoms with E-state index in [2.05, 4.69) is 26.2 Å². The van der Waals surface area contributed by atoms with E-state index in [9.17, 15) is 4.79 Å². The van der Waals surface area contributed by atoms with Gasteiger partial charge in [-0.25, -0.2) is 4.98 Å². The second kappa shape index (κ2) is 5.22. The van der Waals surface area contributed by atoms with Crippen LogP contribution >= 0.6 is 15.9 Å². The number of para-hydroxylation sites is 1. The number of anilines is 1. The molecule has 0 radical (unpaired) electrons. The van der Waals surface area contributed by atoms with Gasteiger partial charge in [-0.3, -0.25) is 4.79 Å². The Kier molecular flexibility index (Phi) is 3.66. The zero-order chi connectivity index (χ0) is 13.1. The Balaban J connectivity index is 2.09. The van der Waals surface area contributed by atoms with Gasteiger partial charge in [0.05, 0.1) is 17.8 Å². The van der Waals surface area contributed by atoms with Crippen molar-refractivity contribution in [1.82, 2.24) is 14.9 Å². The van der Waals surface area contributed by atoms with Gasteiger partial charge in [0, 0.05) is 23.9 Å². The second-order valence-electron chi connectivity index (χ2n) is 3.84. The lowest BCUT2D eigenvalue weighted by Crippen LogP contribution is -2.25. The topological polar surface area (TPSA) is 72.9 Å². The van der Waals surface area contributed by atoms with Gasteiger partial charge in [-0.1, -0.05) is 6.07 Å². The molecule has 2 aromatic rings. The normalized spacial score (nSPS) is 10.3. The minimum Gasteiger partial charge on any atom is -0.397 e. The SMILES string of the molecule is Cn1ccnc1CNC(=O)c1cccc(Br)c1N. The highest BCUT2D eigenvalue weighted by Gasteiger charge is 2.11. The fourth-order valence-corrected chi connectivity index (χ4v) is 1.92. The highest BCUT2D eigenvalue weighted by Crippen LogP contribution is 2.22. The highest BCUT2D eigenvalue weighted by atomic mass is 79.9. The summed E-state index contributed by atoms with van der Waals surface area (Å²) in [6.07, 6.45) is 3.52.